The lowest BCUT2D eigenvalue weighted by atomic mass is 9.82. The summed E-state index contributed by atoms with van der Waals surface area (Å²) in [6, 6.07) is 8.24. The van der Waals surface area contributed by atoms with Crippen LogP contribution in [0.15, 0.2) is 42.5 Å². The molecule has 11 heteroatoms. The van der Waals surface area contributed by atoms with Crippen molar-refractivity contribution < 1.29 is 38.2 Å². The summed E-state index contributed by atoms with van der Waals surface area (Å²) in [5, 5.41) is 26.1. The van der Waals surface area contributed by atoms with Crippen molar-refractivity contribution in [3.63, 3.8) is 0 Å². The van der Waals surface area contributed by atoms with Gasteiger partial charge in [-0.1, -0.05) is 26.8 Å². The summed E-state index contributed by atoms with van der Waals surface area (Å²) in [7, 11) is 0. The van der Waals surface area contributed by atoms with E-state index in [1.807, 2.05) is 13.8 Å². The number of nitrogens with one attached hydrogen (secondary N) is 2. The average molecular weight is 644 g/mol. The Labute approximate surface area is 269 Å². The third-order valence-electron chi connectivity index (χ3n) is 8.61. The minimum atomic E-state index is -1.25. The first-order chi connectivity index (χ1) is 21.9. The first kappa shape index (κ1) is 36.6. The maximum absolute atomic E-state index is 14.0. The van der Waals surface area contributed by atoms with E-state index in [1.165, 1.54) is 6.07 Å². The molecule has 0 bridgehead atoms. The normalized spacial score (nSPS) is 18.2. The van der Waals surface area contributed by atoms with Crippen LogP contribution in [0.25, 0.3) is 0 Å². The maximum Gasteiger partial charge on any atom is 0.306 e. The lowest BCUT2D eigenvalue weighted by Crippen LogP contribution is -2.46. The molecule has 0 aromatic heterocycles. The standard InChI is InChI=1S/C35H47F2N3O6/c1-4-13-40(14-5-2)34(44)27-8-6-7-26(19-27)33(43)39-30(18-24-16-28(36)20-29(37)17-24)31(41)15-22(3)32(42)38-21-23-9-11-25(12-10-23)35(45)46/h6-8,16-17,19-20,22-23,25,30-31,41H,4-5,9-15,18,21H2,1-3H3,(H,38,42)(H,39,43)(H,45,46). The number of rotatable bonds is 16. The molecule has 9 nitrogen and oxygen atoms in total. The van der Waals surface area contributed by atoms with Crippen molar-refractivity contribution in [2.24, 2.45) is 17.8 Å². The number of aliphatic hydroxyl groups excluding tert-OH is 1. The van der Waals surface area contributed by atoms with E-state index < -0.39 is 41.6 Å². The smallest absolute Gasteiger partial charge is 0.306 e. The molecule has 2 aromatic rings. The number of benzene rings is 2. The van der Waals surface area contributed by atoms with Gasteiger partial charge in [0.1, 0.15) is 11.6 Å². The first-order valence-corrected chi connectivity index (χ1v) is 16.2. The third-order valence-corrected chi connectivity index (χ3v) is 8.61. The number of nitrogens with zero attached hydrogens (tertiary/aromatic N) is 1. The fourth-order valence-corrected chi connectivity index (χ4v) is 6.01. The van der Waals surface area contributed by atoms with Crippen LogP contribution in [0.5, 0.6) is 0 Å². The zero-order valence-corrected chi connectivity index (χ0v) is 26.9. The molecule has 0 saturated heterocycles. The first-order valence-electron chi connectivity index (χ1n) is 16.2. The number of carboxylic acid groups (broad SMARTS) is 1. The maximum atomic E-state index is 14.0. The highest BCUT2D eigenvalue weighted by Gasteiger charge is 2.29. The van der Waals surface area contributed by atoms with E-state index in [9.17, 15) is 38.2 Å². The number of hydrogen-bond acceptors (Lipinski definition) is 5. The van der Waals surface area contributed by atoms with Crippen LogP contribution in [-0.4, -0.2) is 70.6 Å². The second-order valence-electron chi connectivity index (χ2n) is 12.4. The summed E-state index contributed by atoms with van der Waals surface area (Å²) in [5.74, 6) is -4.29. The predicted molar refractivity (Wildman–Crippen MR) is 170 cm³/mol. The van der Waals surface area contributed by atoms with Gasteiger partial charge in [0.2, 0.25) is 5.91 Å². The number of carboxylic acids is 1. The lowest BCUT2D eigenvalue weighted by Gasteiger charge is -2.28. The minimum Gasteiger partial charge on any atom is -0.481 e. The molecule has 1 saturated carbocycles. The molecule has 2 aromatic carbocycles. The van der Waals surface area contributed by atoms with Gasteiger partial charge in [-0.2, -0.15) is 0 Å². The number of amides is 3. The fourth-order valence-electron chi connectivity index (χ4n) is 6.01. The highest BCUT2D eigenvalue weighted by molar-refractivity contribution is 5.99. The number of carbonyl (C=O) groups is 4. The van der Waals surface area contributed by atoms with E-state index in [1.54, 1.807) is 30.0 Å². The monoisotopic (exact) mass is 643 g/mol. The average Bonchev–Trinajstić information content (AvgIpc) is 3.02. The Morgan fingerprint density at radius 2 is 1.54 bits per heavy atom. The summed E-state index contributed by atoms with van der Waals surface area (Å²) in [4.78, 5) is 52.4. The van der Waals surface area contributed by atoms with Crippen molar-refractivity contribution in [2.45, 2.75) is 84.3 Å². The molecule has 0 spiro atoms. The highest BCUT2D eigenvalue weighted by atomic mass is 19.1. The number of carbonyl (C=O) groups excluding carboxylic acids is 3. The summed E-state index contributed by atoms with van der Waals surface area (Å²) in [6.07, 6.45) is 2.72. The Balaban J connectivity index is 1.71. The lowest BCUT2D eigenvalue weighted by molar-refractivity contribution is -0.143. The van der Waals surface area contributed by atoms with E-state index >= 15 is 0 Å². The second-order valence-corrected chi connectivity index (χ2v) is 12.4. The third kappa shape index (κ3) is 10.9. The number of aliphatic hydroxyl groups is 1. The van der Waals surface area contributed by atoms with E-state index in [0.717, 1.165) is 31.0 Å². The van der Waals surface area contributed by atoms with Crippen molar-refractivity contribution in [1.29, 1.82) is 0 Å². The van der Waals surface area contributed by atoms with Crippen molar-refractivity contribution in [2.75, 3.05) is 19.6 Å². The molecule has 46 heavy (non-hydrogen) atoms. The molecule has 3 unspecified atom stereocenters. The molecule has 1 aliphatic carbocycles. The van der Waals surface area contributed by atoms with Crippen LogP contribution in [0.2, 0.25) is 0 Å². The largest absolute Gasteiger partial charge is 0.481 e. The van der Waals surface area contributed by atoms with Crippen LogP contribution < -0.4 is 10.6 Å². The van der Waals surface area contributed by atoms with Gasteiger partial charge < -0.3 is 25.7 Å². The Hall–Kier alpha value is -3.86. The van der Waals surface area contributed by atoms with Crippen molar-refractivity contribution in [1.82, 2.24) is 15.5 Å². The molecule has 0 heterocycles. The van der Waals surface area contributed by atoms with E-state index in [0.29, 0.717) is 50.9 Å². The molecule has 0 radical (unpaired) electrons. The molecule has 0 aliphatic heterocycles. The van der Waals surface area contributed by atoms with Gasteiger partial charge in [-0.25, -0.2) is 8.78 Å². The summed E-state index contributed by atoms with van der Waals surface area (Å²) < 4.78 is 28.0. The fraction of sp³-hybridized carbons (Fsp3) is 0.543. The zero-order chi connectivity index (χ0) is 33.8. The molecular formula is C35H47F2N3O6. The Kier molecular flexibility index (Phi) is 14.1. The van der Waals surface area contributed by atoms with E-state index in [2.05, 4.69) is 10.6 Å². The van der Waals surface area contributed by atoms with Crippen LogP contribution in [0.1, 0.15) is 92.0 Å². The van der Waals surface area contributed by atoms with Crippen molar-refractivity contribution in [3.8, 4) is 0 Å². The molecule has 3 rings (SSSR count). The van der Waals surface area contributed by atoms with E-state index in [-0.39, 0.29) is 47.6 Å². The van der Waals surface area contributed by atoms with Crippen molar-refractivity contribution in [3.05, 3.63) is 70.8 Å². The predicted octanol–water partition coefficient (Wildman–Crippen LogP) is 4.96. The van der Waals surface area contributed by atoms with Gasteiger partial charge >= 0.3 is 5.97 Å². The molecule has 1 fully saturated rings. The molecule has 1 aliphatic rings. The van der Waals surface area contributed by atoms with Crippen molar-refractivity contribution >= 4 is 23.7 Å². The molecule has 3 atom stereocenters. The van der Waals surface area contributed by atoms with Gasteiger partial charge in [0, 0.05) is 42.7 Å². The van der Waals surface area contributed by atoms with Crippen LogP contribution in [0, 0.1) is 29.4 Å². The number of aliphatic carboxylic acids is 1. The number of hydrogen-bond donors (Lipinski definition) is 4. The van der Waals surface area contributed by atoms with Crippen LogP contribution in [-0.2, 0) is 16.0 Å². The second kappa shape index (κ2) is 17.7. The summed E-state index contributed by atoms with van der Waals surface area (Å²) in [6.45, 7) is 7.17. The Morgan fingerprint density at radius 3 is 2.13 bits per heavy atom. The summed E-state index contributed by atoms with van der Waals surface area (Å²) in [5.41, 5.74) is 0.750. The molecular weight excluding hydrogens is 596 g/mol. The Morgan fingerprint density at radius 1 is 0.935 bits per heavy atom. The van der Waals surface area contributed by atoms with Gasteiger partial charge in [0.25, 0.3) is 11.8 Å². The van der Waals surface area contributed by atoms with E-state index in [4.69, 9.17) is 0 Å². The van der Waals surface area contributed by atoms with Gasteiger partial charge in [-0.05, 0) is 93.2 Å². The molecule has 3 amide bonds. The quantitative estimate of drug-likeness (QED) is 0.204. The highest BCUT2D eigenvalue weighted by Crippen LogP contribution is 2.28. The SMILES string of the molecule is CCCN(CCC)C(=O)c1cccc(C(=O)NC(Cc2cc(F)cc(F)c2)C(O)CC(C)C(=O)NCC2CCC(C(=O)O)CC2)c1. The molecule has 252 valence electrons. The minimum absolute atomic E-state index is 0.0398. The van der Waals surface area contributed by atoms with Gasteiger partial charge in [-0.3, -0.25) is 19.2 Å². The van der Waals surface area contributed by atoms with Crippen LogP contribution in [0.4, 0.5) is 8.78 Å². The van der Waals surface area contributed by atoms with Gasteiger partial charge in [-0.15, -0.1) is 0 Å². The Bertz CT molecular complexity index is 1320. The zero-order valence-electron chi connectivity index (χ0n) is 26.9. The van der Waals surface area contributed by atoms with Gasteiger partial charge in [0.15, 0.2) is 0 Å². The molecule has 4 N–H and O–H groups in total. The number of halogens is 2. The summed E-state index contributed by atoms with van der Waals surface area (Å²) >= 11 is 0. The van der Waals surface area contributed by atoms with Crippen LogP contribution in [0.3, 0.4) is 0 Å². The topological polar surface area (TPSA) is 136 Å². The van der Waals surface area contributed by atoms with Gasteiger partial charge in [0.05, 0.1) is 18.1 Å². The van der Waals surface area contributed by atoms with Crippen LogP contribution >= 0.6 is 0 Å².